The molecule has 0 radical (unpaired) electrons. The van der Waals surface area contributed by atoms with Gasteiger partial charge in [0.2, 0.25) is 0 Å². The molecule has 0 aliphatic carbocycles. The lowest BCUT2D eigenvalue weighted by Crippen LogP contribution is -1.83. The highest BCUT2D eigenvalue weighted by molar-refractivity contribution is 5.63. The molecule has 0 N–H and O–H groups in total. The maximum atomic E-state index is 4.65. The Hall–Kier alpha value is -2.09. The van der Waals surface area contributed by atoms with Crippen molar-refractivity contribution < 1.29 is 0 Å². The molecule has 92 valence electrons. The Morgan fingerprint density at radius 2 is 1.67 bits per heavy atom. The van der Waals surface area contributed by atoms with Crippen LogP contribution in [0.2, 0.25) is 0 Å². The average molecular weight is 238 g/mol. The number of hydrogen-bond donors (Lipinski definition) is 0. The van der Waals surface area contributed by atoms with Crippen molar-refractivity contribution in [3.63, 3.8) is 0 Å². The van der Waals surface area contributed by atoms with Crippen LogP contribution in [0, 0.1) is 6.92 Å². The van der Waals surface area contributed by atoms with E-state index in [1.165, 1.54) is 5.56 Å². The lowest BCUT2D eigenvalue weighted by Gasteiger charge is -1.94. The van der Waals surface area contributed by atoms with Crippen LogP contribution in [0.25, 0.3) is 16.9 Å². The van der Waals surface area contributed by atoms with Crippen molar-refractivity contribution in [3.8, 4) is 11.3 Å². The Balaban J connectivity index is 0.000000574. The molecule has 1 aromatic carbocycles. The van der Waals surface area contributed by atoms with Crippen molar-refractivity contribution in [2.45, 2.75) is 20.8 Å². The summed E-state index contributed by atoms with van der Waals surface area (Å²) in [5, 5.41) is 0. The first-order valence-electron chi connectivity index (χ1n) is 6.34. The fourth-order valence-electron chi connectivity index (χ4n) is 1.90. The summed E-state index contributed by atoms with van der Waals surface area (Å²) in [6.07, 6.45) is 4.10. The van der Waals surface area contributed by atoms with Crippen molar-refractivity contribution in [2.75, 3.05) is 0 Å². The fraction of sp³-hybridized carbons (Fsp3) is 0.188. The van der Waals surface area contributed by atoms with Gasteiger partial charge >= 0.3 is 0 Å². The highest BCUT2D eigenvalue weighted by Gasteiger charge is 2.04. The maximum Gasteiger partial charge on any atom is 0.140 e. The summed E-state index contributed by atoms with van der Waals surface area (Å²) in [5.41, 5.74) is 4.41. The first-order chi connectivity index (χ1) is 8.84. The number of pyridine rings is 1. The first kappa shape index (κ1) is 12.4. The SMILES string of the molecule is CC.Cc1cccn2cc(-c3ccccc3)nc12. The van der Waals surface area contributed by atoms with Crippen LogP contribution in [-0.2, 0) is 0 Å². The summed E-state index contributed by atoms with van der Waals surface area (Å²) in [6, 6.07) is 14.4. The minimum Gasteiger partial charge on any atom is -0.306 e. The van der Waals surface area contributed by atoms with Gasteiger partial charge in [-0.25, -0.2) is 4.98 Å². The molecule has 0 atom stereocenters. The quantitative estimate of drug-likeness (QED) is 0.616. The van der Waals surface area contributed by atoms with E-state index in [0.29, 0.717) is 0 Å². The molecule has 2 aromatic heterocycles. The number of aromatic nitrogens is 2. The molecule has 0 unspecified atom stereocenters. The fourth-order valence-corrected chi connectivity index (χ4v) is 1.90. The second-order valence-electron chi connectivity index (χ2n) is 3.91. The van der Waals surface area contributed by atoms with Crippen LogP contribution in [0.5, 0.6) is 0 Å². The molecule has 2 heteroatoms. The summed E-state index contributed by atoms with van der Waals surface area (Å²) in [5.74, 6) is 0. The number of benzene rings is 1. The normalized spacial score (nSPS) is 9.94. The largest absolute Gasteiger partial charge is 0.306 e. The van der Waals surface area contributed by atoms with Gasteiger partial charge in [-0.1, -0.05) is 50.2 Å². The number of rotatable bonds is 1. The van der Waals surface area contributed by atoms with Crippen LogP contribution in [0.15, 0.2) is 54.9 Å². The number of aryl methyl sites for hydroxylation is 1. The molecule has 0 saturated heterocycles. The minimum atomic E-state index is 1.02. The van der Waals surface area contributed by atoms with Crippen molar-refractivity contribution in [1.82, 2.24) is 9.38 Å². The lowest BCUT2D eigenvalue weighted by atomic mass is 10.2. The monoisotopic (exact) mass is 238 g/mol. The highest BCUT2D eigenvalue weighted by Crippen LogP contribution is 2.19. The second-order valence-corrected chi connectivity index (χ2v) is 3.91. The van der Waals surface area contributed by atoms with Crippen molar-refractivity contribution in [3.05, 3.63) is 60.4 Å². The highest BCUT2D eigenvalue weighted by atomic mass is 15.0. The van der Waals surface area contributed by atoms with E-state index in [-0.39, 0.29) is 0 Å². The number of nitrogens with zero attached hydrogens (tertiary/aromatic N) is 2. The first-order valence-corrected chi connectivity index (χ1v) is 6.34. The van der Waals surface area contributed by atoms with E-state index in [4.69, 9.17) is 0 Å². The molecular weight excluding hydrogens is 220 g/mol. The molecule has 3 aromatic rings. The minimum absolute atomic E-state index is 1.02. The molecule has 2 nitrogen and oxygen atoms in total. The van der Waals surface area contributed by atoms with Crippen LogP contribution in [0.4, 0.5) is 0 Å². The van der Waals surface area contributed by atoms with Crippen molar-refractivity contribution >= 4 is 5.65 Å². The zero-order valence-electron chi connectivity index (χ0n) is 11.1. The predicted molar refractivity (Wildman–Crippen MR) is 76.7 cm³/mol. The van der Waals surface area contributed by atoms with Gasteiger partial charge in [0.1, 0.15) is 5.65 Å². The average Bonchev–Trinajstić information content (AvgIpc) is 2.88. The van der Waals surface area contributed by atoms with E-state index >= 15 is 0 Å². The summed E-state index contributed by atoms with van der Waals surface area (Å²) < 4.78 is 2.07. The van der Waals surface area contributed by atoms with Crippen LogP contribution in [-0.4, -0.2) is 9.38 Å². The second kappa shape index (κ2) is 5.50. The zero-order chi connectivity index (χ0) is 13.0. The van der Waals surface area contributed by atoms with E-state index < -0.39 is 0 Å². The molecule has 0 aliphatic rings. The van der Waals surface area contributed by atoms with E-state index in [9.17, 15) is 0 Å². The Labute approximate surface area is 108 Å². The molecule has 0 fully saturated rings. The van der Waals surface area contributed by atoms with Gasteiger partial charge in [0.05, 0.1) is 5.69 Å². The number of hydrogen-bond acceptors (Lipinski definition) is 1. The van der Waals surface area contributed by atoms with Crippen LogP contribution < -0.4 is 0 Å². The van der Waals surface area contributed by atoms with Crippen molar-refractivity contribution in [1.29, 1.82) is 0 Å². The van der Waals surface area contributed by atoms with Crippen LogP contribution in [0.1, 0.15) is 19.4 Å². The van der Waals surface area contributed by atoms with E-state index in [0.717, 1.165) is 16.9 Å². The van der Waals surface area contributed by atoms with Gasteiger partial charge in [-0.05, 0) is 18.6 Å². The third-order valence-corrected chi connectivity index (χ3v) is 2.75. The summed E-state index contributed by atoms with van der Waals surface area (Å²) in [7, 11) is 0. The number of fused-ring (bicyclic) bond motifs is 1. The Kier molecular flexibility index (Phi) is 3.78. The standard InChI is InChI=1S/C14H12N2.C2H6/c1-11-6-5-9-16-10-13(15-14(11)16)12-7-3-2-4-8-12;1-2/h2-10H,1H3;1-2H3. The molecule has 2 heterocycles. The molecule has 3 rings (SSSR count). The van der Waals surface area contributed by atoms with Gasteiger partial charge in [-0.2, -0.15) is 0 Å². The van der Waals surface area contributed by atoms with Gasteiger partial charge < -0.3 is 4.40 Å². The molecule has 0 aliphatic heterocycles. The zero-order valence-corrected chi connectivity index (χ0v) is 11.1. The summed E-state index contributed by atoms with van der Waals surface area (Å²) in [6.45, 7) is 6.08. The van der Waals surface area contributed by atoms with Gasteiger partial charge in [0.15, 0.2) is 0 Å². The topological polar surface area (TPSA) is 17.3 Å². The lowest BCUT2D eigenvalue weighted by molar-refractivity contribution is 1.16. The molecular formula is C16H18N2. The smallest absolute Gasteiger partial charge is 0.140 e. The van der Waals surface area contributed by atoms with Crippen LogP contribution >= 0.6 is 0 Å². The number of imidazole rings is 1. The molecule has 0 bridgehead atoms. The third kappa shape index (κ3) is 2.28. The Morgan fingerprint density at radius 1 is 0.944 bits per heavy atom. The Morgan fingerprint density at radius 3 is 2.33 bits per heavy atom. The summed E-state index contributed by atoms with van der Waals surface area (Å²) >= 11 is 0. The molecule has 0 amide bonds. The van der Waals surface area contributed by atoms with Gasteiger partial charge in [0, 0.05) is 18.0 Å². The van der Waals surface area contributed by atoms with Crippen LogP contribution in [0.3, 0.4) is 0 Å². The van der Waals surface area contributed by atoms with E-state index in [1.54, 1.807) is 0 Å². The Bertz CT molecular complexity index is 624. The molecule has 0 spiro atoms. The van der Waals surface area contributed by atoms with Gasteiger partial charge in [0.25, 0.3) is 0 Å². The van der Waals surface area contributed by atoms with E-state index in [2.05, 4.69) is 40.7 Å². The maximum absolute atomic E-state index is 4.65. The van der Waals surface area contributed by atoms with Gasteiger partial charge in [-0.15, -0.1) is 0 Å². The molecule has 0 saturated carbocycles. The molecule has 18 heavy (non-hydrogen) atoms. The summed E-state index contributed by atoms with van der Waals surface area (Å²) in [4.78, 5) is 4.65. The third-order valence-electron chi connectivity index (χ3n) is 2.75. The van der Waals surface area contributed by atoms with Gasteiger partial charge in [-0.3, -0.25) is 0 Å². The van der Waals surface area contributed by atoms with E-state index in [1.807, 2.05) is 44.3 Å². The van der Waals surface area contributed by atoms with Crippen molar-refractivity contribution in [2.24, 2.45) is 0 Å². The predicted octanol–water partition coefficient (Wildman–Crippen LogP) is 4.34.